The first-order chi connectivity index (χ1) is 5.04. The molecule has 0 rings (SSSR count). The van der Waals surface area contributed by atoms with Crippen molar-refractivity contribution in [3.63, 3.8) is 0 Å². The van der Waals surface area contributed by atoms with Gasteiger partial charge < -0.3 is 4.74 Å². The lowest BCUT2D eigenvalue weighted by Gasteiger charge is -1.93. The van der Waals surface area contributed by atoms with Crippen LogP contribution in [0.15, 0.2) is 12.1 Å². The second-order valence-electron chi connectivity index (χ2n) is 1.64. The quantitative estimate of drug-likeness (QED) is 0.602. The third-order valence-electron chi connectivity index (χ3n) is 0.479. The van der Waals surface area contributed by atoms with Gasteiger partial charge in [0.1, 0.15) is 6.61 Å². The molecule has 0 atom stereocenters. The normalized spacial score (nSPS) is 7.18. The summed E-state index contributed by atoms with van der Waals surface area (Å²) in [5.41, 5.74) is 1.22. The standard InChI is InChI=1S/C5H8O3.C2H3Cl/c1-4(6)3-8-5(2)7;1-2-3/h3H2,1-2H3;2H,1H2. The summed E-state index contributed by atoms with van der Waals surface area (Å²) >= 11 is 4.76. The van der Waals surface area contributed by atoms with Crippen LogP contribution >= 0.6 is 11.6 Å². The summed E-state index contributed by atoms with van der Waals surface area (Å²) in [4.78, 5) is 20.0. The third kappa shape index (κ3) is 27.1. The zero-order valence-electron chi connectivity index (χ0n) is 6.59. The van der Waals surface area contributed by atoms with Crippen LogP contribution in [0.5, 0.6) is 0 Å². The number of ketones is 1. The van der Waals surface area contributed by atoms with Gasteiger partial charge in [-0.1, -0.05) is 18.2 Å². The van der Waals surface area contributed by atoms with Crippen LogP contribution < -0.4 is 0 Å². The molecule has 0 heterocycles. The fourth-order valence-electron chi connectivity index (χ4n) is 0.203. The first-order valence-corrected chi connectivity index (χ1v) is 3.32. The molecule has 0 aromatic carbocycles. The first kappa shape index (κ1) is 12.8. The molecule has 0 aromatic heterocycles. The van der Waals surface area contributed by atoms with E-state index in [0.29, 0.717) is 0 Å². The molecule has 0 saturated carbocycles. The Kier molecular flexibility index (Phi) is 10.7. The highest BCUT2D eigenvalue weighted by atomic mass is 35.5. The summed E-state index contributed by atoms with van der Waals surface area (Å²) in [6.45, 7) is 5.66. The molecule has 11 heavy (non-hydrogen) atoms. The second kappa shape index (κ2) is 9.17. The molecule has 0 saturated heterocycles. The van der Waals surface area contributed by atoms with Crippen molar-refractivity contribution in [1.29, 1.82) is 0 Å². The van der Waals surface area contributed by atoms with Crippen molar-refractivity contribution in [2.24, 2.45) is 0 Å². The van der Waals surface area contributed by atoms with E-state index in [-0.39, 0.29) is 12.4 Å². The molecule has 0 unspecified atom stereocenters. The van der Waals surface area contributed by atoms with Crippen molar-refractivity contribution >= 4 is 23.4 Å². The molecule has 0 aliphatic carbocycles. The topological polar surface area (TPSA) is 43.4 Å². The van der Waals surface area contributed by atoms with Crippen LogP contribution in [0.4, 0.5) is 0 Å². The number of carbonyl (C=O) groups excluding carboxylic acids is 2. The molecule has 0 fully saturated rings. The van der Waals surface area contributed by atoms with Gasteiger partial charge in [0.05, 0.1) is 0 Å². The molecule has 4 heteroatoms. The third-order valence-corrected chi connectivity index (χ3v) is 0.479. The average Bonchev–Trinajstić information content (AvgIpc) is 1.85. The van der Waals surface area contributed by atoms with Gasteiger partial charge in [0.2, 0.25) is 0 Å². The van der Waals surface area contributed by atoms with Gasteiger partial charge in [0, 0.05) is 6.92 Å². The fourth-order valence-corrected chi connectivity index (χ4v) is 0.203. The van der Waals surface area contributed by atoms with E-state index < -0.39 is 5.97 Å². The van der Waals surface area contributed by atoms with Crippen LogP contribution in [-0.2, 0) is 14.3 Å². The predicted octanol–water partition coefficient (Wildman–Crippen LogP) is 1.51. The number of halogens is 1. The van der Waals surface area contributed by atoms with Gasteiger partial charge in [-0.15, -0.1) is 0 Å². The number of carbonyl (C=O) groups is 2. The van der Waals surface area contributed by atoms with Crippen molar-refractivity contribution in [3.05, 3.63) is 12.1 Å². The molecular weight excluding hydrogens is 168 g/mol. The summed E-state index contributed by atoms with van der Waals surface area (Å²) in [6.07, 6.45) is 0. The minimum atomic E-state index is -0.416. The number of hydrogen-bond acceptors (Lipinski definition) is 3. The molecule has 0 bridgehead atoms. The van der Waals surface area contributed by atoms with Gasteiger partial charge in [-0.2, -0.15) is 0 Å². The molecule has 0 radical (unpaired) electrons. The Balaban J connectivity index is 0. The van der Waals surface area contributed by atoms with E-state index in [4.69, 9.17) is 11.6 Å². The van der Waals surface area contributed by atoms with E-state index in [1.807, 2.05) is 0 Å². The van der Waals surface area contributed by atoms with E-state index in [2.05, 4.69) is 11.3 Å². The summed E-state index contributed by atoms with van der Waals surface area (Å²) < 4.78 is 4.31. The smallest absolute Gasteiger partial charge is 0.303 e. The molecule has 0 spiro atoms. The number of hydrogen-bond donors (Lipinski definition) is 0. The maximum absolute atomic E-state index is 10.1. The van der Waals surface area contributed by atoms with Gasteiger partial charge in [-0.3, -0.25) is 9.59 Å². The van der Waals surface area contributed by atoms with Crippen LogP contribution in [0.25, 0.3) is 0 Å². The number of rotatable bonds is 2. The van der Waals surface area contributed by atoms with Crippen LogP contribution in [0.1, 0.15) is 13.8 Å². The van der Waals surface area contributed by atoms with E-state index in [9.17, 15) is 9.59 Å². The van der Waals surface area contributed by atoms with Crippen LogP contribution in [-0.4, -0.2) is 18.4 Å². The zero-order chi connectivity index (χ0) is 9.28. The van der Waals surface area contributed by atoms with E-state index >= 15 is 0 Å². The van der Waals surface area contributed by atoms with Crippen molar-refractivity contribution in [2.45, 2.75) is 13.8 Å². The number of Topliss-reactive ketones (excluding diaryl/α,β-unsaturated/α-hetero) is 1. The highest BCUT2D eigenvalue weighted by Gasteiger charge is 1.94. The Morgan fingerprint density at radius 3 is 2.00 bits per heavy atom. The van der Waals surface area contributed by atoms with Gasteiger partial charge in [-0.05, 0) is 12.5 Å². The van der Waals surface area contributed by atoms with Gasteiger partial charge >= 0.3 is 5.97 Å². The average molecular weight is 179 g/mol. The SMILES string of the molecule is C=CCl.CC(=O)COC(C)=O. The van der Waals surface area contributed by atoms with Crippen LogP contribution in [0.3, 0.4) is 0 Å². The second-order valence-corrected chi connectivity index (χ2v) is 1.95. The molecule has 0 aliphatic heterocycles. The van der Waals surface area contributed by atoms with Crippen molar-refractivity contribution in [1.82, 2.24) is 0 Å². The molecule has 0 N–H and O–H groups in total. The van der Waals surface area contributed by atoms with Gasteiger partial charge in [0.15, 0.2) is 5.78 Å². The molecular formula is C7H11ClO3. The Bertz CT molecular complexity index is 129. The lowest BCUT2D eigenvalue weighted by atomic mass is 10.5. The largest absolute Gasteiger partial charge is 0.458 e. The fraction of sp³-hybridized carbons (Fsp3) is 0.429. The van der Waals surface area contributed by atoms with Crippen molar-refractivity contribution in [2.75, 3.05) is 6.61 Å². The first-order valence-electron chi connectivity index (χ1n) is 2.88. The minimum absolute atomic E-state index is 0.102. The van der Waals surface area contributed by atoms with Crippen molar-refractivity contribution < 1.29 is 14.3 Å². The zero-order valence-corrected chi connectivity index (χ0v) is 7.35. The lowest BCUT2D eigenvalue weighted by molar-refractivity contribution is -0.145. The van der Waals surface area contributed by atoms with Crippen LogP contribution in [0, 0.1) is 0 Å². The molecule has 0 aliphatic rings. The van der Waals surface area contributed by atoms with Crippen molar-refractivity contribution in [3.8, 4) is 0 Å². The number of esters is 1. The minimum Gasteiger partial charge on any atom is -0.458 e. The summed E-state index contributed by atoms with van der Waals surface area (Å²) in [5.74, 6) is -0.555. The van der Waals surface area contributed by atoms with E-state index in [0.717, 1.165) is 0 Å². The maximum atomic E-state index is 10.1. The Morgan fingerprint density at radius 1 is 1.55 bits per heavy atom. The Labute approximate surface area is 71.0 Å². The summed E-state index contributed by atoms with van der Waals surface area (Å²) in [7, 11) is 0. The maximum Gasteiger partial charge on any atom is 0.303 e. The number of ether oxygens (including phenoxy) is 1. The monoisotopic (exact) mass is 178 g/mol. The highest BCUT2D eigenvalue weighted by Crippen LogP contribution is 1.75. The van der Waals surface area contributed by atoms with E-state index in [1.54, 1.807) is 0 Å². The molecule has 3 nitrogen and oxygen atoms in total. The lowest BCUT2D eigenvalue weighted by Crippen LogP contribution is -2.07. The highest BCUT2D eigenvalue weighted by molar-refractivity contribution is 6.25. The molecule has 64 valence electrons. The van der Waals surface area contributed by atoms with Crippen LogP contribution in [0.2, 0.25) is 0 Å². The summed E-state index contributed by atoms with van der Waals surface area (Å²) in [5, 5.41) is 0. The Hall–Kier alpha value is -0.830. The van der Waals surface area contributed by atoms with Gasteiger partial charge in [0.25, 0.3) is 0 Å². The Morgan fingerprint density at radius 2 is 1.91 bits per heavy atom. The van der Waals surface area contributed by atoms with Gasteiger partial charge in [-0.25, -0.2) is 0 Å². The van der Waals surface area contributed by atoms with E-state index in [1.165, 1.54) is 19.4 Å². The molecule has 0 amide bonds. The summed E-state index contributed by atoms with van der Waals surface area (Å²) in [6, 6.07) is 0. The predicted molar refractivity (Wildman–Crippen MR) is 43.4 cm³/mol. The molecule has 0 aromatic rings.